The van der Waals surface area contributed by atoms with Crippen molar-refractivity contribution in [2.45, 2.75) is 32.7 Å². The second-order valence-electron chi connectivity index (χ2n) is 5.32. The van der Waals surface area contributed by atoms with Crippen LogP contribution in [0.25, 0.3) is 0 Å². The van der Waals surface area contributed by atoms with E-state index in [2.05, 4.69) is 16.3 Å². The van der Waals surface area contributed by atoms with E-state index in [1.54, 1.807) is 0 Å². The summed E-state index contributed by atoms with van der Waals surface area (Å²) in [6, 6.07) is 6.14. The van der Waals surface area contributed by atoms with E-state index >= 15 is 0 Å². The molecule has 1 aromatic carbocycles. The minimum atomic E-state index is -0.00713. The first-order valence-electron chi connectivity index (χ1n) is 6.82. The molecule has 1 fully saturated rings. The number of likely N-dealkylation sites (tertiary alicyclic amines) is 1. The van der Waals surface area contributed by atoms with Gasteiger partial charge in [-0.1, -0.05) is 17.7 Å². The third kappa shape index (κ3) is 3.55. The van der Waals surface area contributed by atoms with Crippen molar-refractivity contribution in [1.29, 1.82) is 0 Å². The number of aliphatic hydroxyl groups is 1. The molecule has 0 radical (unpaired) electrons. The summed E-state index contributed by atoms with van der Waals surface area (Å²) in [5.74, 6) is -0.00713. The van der Waals surface area contributed by atoms with Gasteiger partial charge in [0.2, 0.25) is 5.91 Å². The summed E-state index contributed by atoms with van der Waals surface area (Å²) < 4.78 is 0. The Bertz CT molecular complexity index is 459. The summed E-state index contributed by atoms with van der Waals surface area (Å²) in [4.78, 5) is 14.1. The highest BCUT2D eigenvalue weighted by Crippen LogP contribution is 2.18. The van der Waals surface area contributed by atoms with E-state index < -0.39 is 0 Å². The van der Waals surface area contributed by atoms with Crippen molar-refractivity contribution in [1.82, 2.24) is 4.90 Å². The maximum atomic E-state index is 12.0. The number of hydrogen-bond acceptors (Lipinski definition) is 3. The molecule has 4 nitrogen and oxygen atoms in total. The predicted molar refractivity (Wildman–Crippen MR) is 76.2 cm³/mol. The second-order valence-corrected chi connectivity index (χ2v) is 5.32. The number of aliphatic hydroxyl groups excluding tert-OH is 1. The Labute approximate surface area is 114 Å². The zero-order valence-corrected chi connectivity index (χ0v) is 11.6. The van der Waals surface area contributed by atoms with Gasteiger partial charge in [-0.2, -0.15) is 0 Å². The molecule has 1 amide bonds. The number of anilines is 1. The highest BCUT2D eigenvalue weighted by Gasteiger charge is 2.25. The van der Waals surface area contributed by atoms with Crippen molar-refractivity contribution in [3.63, 3.8) is 0 Å². The molecule has 104 valence electrons. The van der Waals surface area contributed by atoms with E-state index in [1.807, 2.05) is 26.0 Å². The molecule has 1 aliphatic heterocycles. The van der Waals surface area contributed by atoms with E-state index in [1.165, 1.54) is 5.56 Å². The molecule has 2 rings (SSSR count). The molecule has 1 saturated heterocycles. The maximum Gasteiger partial charge on any atom is 0.238 e. The molecule has 1 aromatic rings. The summed E-state index contributed by atoms with van der Waals surface area (Å²) >= 11 is 0. The molecule has 1 heterocycles. The van der Waals surface area contributed by atoms with Crippen LogP contribution in [0, 0.1) is 13.8 Å². The fourth-order valence-electron chi connectivity index (χ4n) is 2.64. The van der Waals surface area contributed by atoms with Crippen LogP contribution < -0.4 is 5.32 Å². The van der Waals surface area contributed by atoms with Crippen molar-refractivity contribution in [2.75, 3.05) is 25.0 Å². The van der Waals surface area contributed by atoms with Crippen LogP contribution in [0.2, 0.25) is 0 Å². The topological polar surface area (TPSA) is 52.6 Å². The largest absolute Gasteiger partial charge is 0.395 e. The Morgan fingerprint density at radius 2 is 2.26 bits per heavy atom. The Hall–Kier alpha value is -1.39. The van der Waals surface area contributed by atoms with Gasteiger partial charge in [0.15, 0.2) is 0 Å². The normalized spacial score (nSPS) is 19.6. The van der Waals surface area contributed by atoms with Gasteiger partial charge in [-0.05, 0) is 44.9 Å². The number of benzene rings is 1. The maximum absolute atomic E-state index is 12.0. The molecule has 0 bridgehead atoms. The lowest BCUT2D eigenvalue weighted by molar-refractivity contribution is -0.117. The number of carbonyl (C=O) groups is 1. The molecule has 0 spiro atoms. The fourth-order valence-corrected chi connectivity index (χ4v) is 2.64. The van der Waals surface area contributed by atoms with E-state index in [-0.39, 0.29) is 18.6 Å². The van der Waals surface area contributed by atoms with Crippen molar-refractivity contribution < 1.29 is 9.90 Å². The van der Waals surface area contributed by atoms with Crippen LogP contribution in [0.1, 0.15) is 24.0 Å². The third-order valence-electron chi connectivity index (χ3n) is 3.71. The van der Waals surface area contributed by atoms with Crippen LogP contribution in [-0.2, 0) is 4.79 Å². The molecular formula is C15H22N2O2. The molecule has 1 atom stereocenters. The quantitative estimate of drug-likeness (QED) is 0.868. The number of carbonyl (C=O) groups excluding carboxylic acids is 1. The lowest BCUT2D eigenvalue weighted by atomic mass is 10.1. The van der Waals surface area contributed by atoms with E-state index in [0.717, 1.165) is 30.6 Å². The summed E-state index contributed by atoms with van der Waals surface area (Å²) in [5.41, 5.74) is 3.14. The number of hydrogen-bond donors (Lipinski definition) is 2. The van der Waals surface area contributed by atoms with Gasteiger partial charge in [0.05, 0.1) is 13.2 Å². The molecule has 0 aromatic heterocycles. The number of nitrogens with one attached hydrogen (secondary N) is 1. The molecule has 0 saturated carbocycles. The lowest BCUT2D eigenvalue weighted by Gasteiger charge is -2.22. The molecule has 2 N–H and O–H groups in total. The van der Waals surface area contributed by atoms with Gasteiger partial charge in [0.1, 0.15) is 0 Å². The number of nitrogens with zero attached hydrogens (tertiary/aromatic N) is 1. The molecule has 19 heavy (non-hydrogen) atoms. The number of rotatable bonds is 4. The van der Waals surface area contributed by atoms with Gasteiger partial charge in [-0.25, -0.2) is 0 Å². The first kappa shape index (κ1) is 14.0. The molecular weight excluding hydrogens is 240 g/mol. The summed E-state index contributed by atoms with van der Waals surface area (Å²) in [6.07, 6.45) is 2.04. The van der Waals surface area contributed by atoms with E-state index in [9.17, 15) is 9.90 Å². The van der Waals surface area contributed by atoms with E-state index in [0.29, 0.717) is 6.54 Å². The lowest BCUT2D eigenvalue weighted by Crippen LogP contribution is -2.38. The van der Waals surface area contributed by atoms with Gasteiger partial charge in [-0.15, -0.1) is 0 Å². The highest BCUT2D eigenvalue weighted by molar-refractivity contribution is 5.93. The van der Waals surface area contributed by atoms with E-state index in [4.69, 9.17) is 0 Å². The van der Waals surface area contributed by atoms with Crippen LogP contribution in [0.5, 0.6) is 0 Å². The third-order valence-corrected chi connectivity index (χ3v) is 3.71. The van der Waals surface area contributed by atoms with Crippen LogP contribution in [0.3, 0.4) is 0 Å². The summed E-state index contributed by atoms with van der Waals surface area (Å²) in [6.45, 7) is 5.42. The minimum Gasteiger partial charge on any atom is -0.395 e. The van der Waals surface area contributed by atoms with Gasteiger partial charge < -0.3 is 10.4 Å². The van der Waals surface area contributed by atoms with Crippen molar-refractivity contribution in [2.24, 2.45) is 0 Å². The van der Waals surface area contributed by atoms with Crippen LogP contribution in [0.15, 0.2) is 18.2 Å². The SMILES string of the molecule is Cc1ccc(NC(=O)CN2CCC[C@@H]2CO)c(C)c1. The summed E-state index contributed by atoms with van der Waals surface area (Å²) in [7, 11) is 0. The fraction of sp³-hybridized carbons (Fsp3) is 0.533. The average Bonchev–Trinajstić information content (AvgIpc) is 2.80. The standard InChI is InChI=1S/C15H22N2O2/c1-11-5-6-14(12(2)8-11)16-15(19)9-17-7-3-4-13(17)10-18/h5-6,8,13,18H,3-4,7,9-10H2,1-2H3,(H,16,19)/t13-/m1/s1. The first-order valence-corrected chi connectivity index (χ1v) is 6.82. The number of aryl methyl sites for hydroxylation is 2. The number of amides is 1. The smallest absolute Gasteiger partial charge is 0.238 e. The Morgan fingerprint density at radius 3 is 2.95 bits per heavy atom. The Morgan fingerprint density at radius 1 is 1.47 bits per heavy atom. The van der Waals surface area contributed by atoms with Gasteiger partial charge in [0.25, 0.3) is 0 Å². The van der Waals surface area contributed by atoms with Crippen molar-refractivity contribution in [3.05, 3.63) is 29.3 Å². The first-order chi connectivity index (χ1) is 9.10. The molecule has 0 unspecified atom stereocenters. The van der Waals surface area contributed by atoms with Gasteiger partial charge in [-0.3, -0.25) is 9.69 Å². The van der Waals surface area contributed by atoms with Crippen molar-refractivity contribution >= 4 is 11.6 Å². The minimum absolute atomic E-state index is 0.00713. The average molecular weight is 262 g/mol. The predicted octanol–water partition coefficient (Wildman–Crippen LogP) is 1.70. The van der Waals surface area contributed by atoms with Crippen LogP contribution >= 0.6 is 0 Å². The molecule has 0 aliphatic carbocycles. The highest BCUT2D eigenvalue weighted by atomic mass is 16.3. The second kappa shape index (κ2) is 6.17. The monoisotopic (exact) mass is 262 g/mol. The molecule has 4 heteroatoms. The van der Waals surface area contributed by atoms with Crippen LogP contribution in [0.4, 0.5) is 5.69 Å². The van der Waals surface area contributed by atoms with Gasteiger partial charge >= 0.3 is 0 Å². The Kier molecular flexibility index (Phi) is 4.56. The van der Waals surface area contributed by atoms with Crippen LogP contribution in [-0.4, -0.2) is 41.7 Å². The Balaban J connectivity index is 1.94. The zero-order valence-electron chi connectivity index (χ0n) is 11.6. The van der Waals surface area contributed by atoms with Gasteiger partial charge in [0, 0.05) is 11.7 Å². The molecule has 1 aliphatic rings. The zero-order chi connectivity index (χ0) is 13.8. The van der Waals surface area contributed by atoms with Crippen molar-refractivity contribution in [3.8, 4) is 0 Å². The summed E-state index contributed by atoms with van der Waals surface area (Å²) in [5, 5.41) is 12.2.